The topological polar surface area (TPSA) is 50.2 Å². The number of anilines is 1. The highest BCUT2D eigenvalue weighted by Gasteiger charge is 2.11. The van der Waals surface area contributed by atoms with Crippen molar-refractivity contribution in [2.24, 2.45) is 5.10 Å². The van der Waals surface area contributed by atoms with Crippen LogP contribution in [0.4, 0.5) is 14.6 Å². The third-order valence-electron chi connectivity index (χ3n) is 3.97. The van der Waals surface area contributed by atoms with Gasteiger partial charge in [0.2, 0.25) is 0 Å². The molecule has 1 aromatic heterocycles. The van der Waals surface area contributed by atoms with E-state index in [-0.39, 0.29) is 11.6 Å². The summed E-state index contributed by atoms with van der Waals surface area (Å²) in [7, 11) is 0. The lowest BCUT2D eigenvalue weighted by atomic mass is 10.1. The van der Waals surface area contributed by atoms with E-state index >= 15 is 0 Å². The van der Waals surface area contributed by atoms with Crippen molar-refractivity contribution in [1.82, 2.24) is 9.97 Å². The Kier molecular flexibility index (Phi) is 4.53. The molecular formula is C21H14F2N4. The molecule has 0 bridgehead atoms. The Bertz CT molecular complexity index is 1120. The zero-order chi connectivity index (χ0) is 18.6. The second-order valence-electron chi connectivity index (χ2n) is 5.81. The van der Waals surface area contributed by atoms with Gasteiger partial charge in [-0.3, -0.25) is 5.43 Å². The van der Waals surface area contributed by atoms with Crippen LogP contribution in [0.3, 0.4) is 0 Å². The molecule has 0 spiro atoms. The molecule has 0 aliphatic rings. The summed E-state index contributed by atoms with van der Waals surface area (Å²) in [5, 5.41) is 4.93. The number of nitrogens with zero attached hydrogens (tertiary/aromatic N) is 3. The fourth-order valence-electron chi connectivity index (χ4n) is 2.64. The maximum absolute atomic E-state index is 14.2. The fourth-order valence-corrected chi connectivity index (χ4v) is 2.64. The van der Waals surface area contributed by atoms with Crippen molar-refractivity contribution in [3.05, 3.63) is 90.0 Å². The smallest absolute Gasteiger partial charge is 0.165 e. The van der Waals surface area contributed by atoms with Gasteiger partial charge in [-0.2, -0.15) is 5.10 Å². The first kappa shape index (κ1) is 16.8. The van der Waals surface area contributed by atoms with Crippen molar-refractivity contribution < 1.29 is 8.78 Å². The van der Waals surface area contributed by atoms with Crippen molar-refractivity contribution in [3.8, 4) is 11.4 Å². The molecule has 0 radical (unpaired) electrons. The molecule has 6 heteroatoms. The Morgan fingerprint density at radius 3 is 2.37 bits per heavy atom. The van der Waals surface area contributed by atoms with Gasteiger partial charge >= 0.3 is 0 Å². The van der Waals surface area contributed by atoms with Crippen molar-refractivity contribution in [3.63, 3.8) is 0 Å². The van der Waals surface area contributed by atoms with Gasteiger partial charge in [-0.25, -0.2) is 18.7 Å². The molecule has 4 aromatic rings. The van der Waals surface area contributed by atoms with E-state index in [0.29, 0.717) is 16.9 Å². The number of aromatic nitrogens is 2. The summed E-state index contributed by atoms with van der Waals surface area (Å²) in [5.41, 5.74) is 4.60. The number of hydrazone groups is 1. The van der Waals surface area contributed by atoms with E-state index in [1.807, 2.05) is 24.3 Å². The molecule has 4 nitrogen and oxygen atoms in total. The van der Waals surface area contributed by atoms with Crippen LogP contribution in [0.25, 0.3) is 22.3 Å². The highest BCUT2D eigenvalue weighted by molar-refractivity contribution is 5.91. The van der Waals surface area contributed by atoms with Gasteiger partial charge < -0.3 is 0 Å². The first-order valence-electron chi connectivity index (χ1n) is 8.27. The van der Waals surface area contributed by atoms with Crippen LogP contribution in [-0.4, -0.2) is 16.2 Å². The third kappa shape index (κ3) is 3.64. The summed E-state index contributed by atoms with van der Waals surface area (Å²) < 4.78 is 27.1. The highest BCUT2D eigenvalue weighted by Crippen LogP contribution is 2.26. The number of rotatable bonds is 4. The lowest BCUT2D eigenvalue weighted by Crippen LogP contribution is -2.00. The molecule has 4 rings (SSSR count). The summed E-state index contributed by atoms with van der Waals surface area (Å²) >= 11 is 0. The average molecular weight is 360 g/mol. The van der Waals surface area contributed by atoms with Crippen LogP contribution in [0.15, 0.2) is 77.9 Å². The van der Waals surface area contributed by atoms with Gasteiger partial charge in [0.05, 0.1) is 17.3 Å². The van der Waals surface area contributed by atoms with Gasteiger partial charge in [0, 0.05) is 5.39 Å². The predicted molar refractivity (Wildman–Crippen MR) is 103 cm³/mol. The number of nitrogens with one attached hydrogen (secondary N) is 1. The largest absolute Gasteiger partial charge is 0.261 e. The number of hydrogen-bond donors (Lipinski definition) is 1. The quantitative estimate of drug-likeness (QED) is 0.411. The van der Waals surface area contributed by atoms with Crippen LogP contribution in [0.2, 0.25) is 0 Å². The molecule has 0 aliphatic heterocycles. The predicted octanol–water partition coefficient (Wildman–Crippen LogP) is 5.02. The maximum atomic E-state index is 14.2. The van der Waals surface area contributed by atoms with E-state index in [1.54, 1.807) is 36.5 Å². The number of hydrogen-bond acceptors (Lipinski definition) is 4. The second-order valence-corrected chi connectivity index (χ2v) is 5.81. The van der Waals surface area contributed by atoms with Gasteiger partial charge in [-0.1, -0.05) is 36.4 Å². The lowest BCUT2D eigenvalue weighted by Gasteiger charge is -2.08. The minimum Gasteiger partial charge on any atom is -0.261 e. The molecule has 0 unspecified atom stereocenters. The number of benzene rings is 3. The van der Waals surface area contributed by atoms with E-state index < -0.39 is 5.82 Å². The van der Waals surface area contributed by atoms with E-state index in [9.17, 15) is 8.78 Å². The van der Waals surface area contributed by atoms with Crippen LogP contribution >= 0.6 is 0 Å². The molecule has 0 saturated heterocycles. The molecule has 0 atom stereocenters. The summed E-state index contributed by atoms with van der Waals surface area (Å²) in [6.07, 6.45) is 1.55. The van der Waals surface area contributed by atoms with E-state index in [0.717, 1.165) is 10.9 Å². The van der Waals surface area contributed by atoms with Crippen LogP contribution in [0, 0.1) is 11.6 Å². The van der Waals surface area contributed by atoms with Crippen molar-refractivity contribution in [1.29, 1.82) is 0 Å². The van der Waals surface area contributed by atoms with E-state index in [1.165, 1.54) is 18.2 Å². The Morgan fingerprint density at radius 1 is 0.815 bits per heavy atom. The van der Waals surface area contributed by atoms with Gasteiger partial charge in [-0.05, 0) is 42.0 Å². The van der Waals surface area contributed by atoms with Crippen LogP contribution < -0.4 is 5.43 Å². The van der Waals surface area contributed by atoms with Gasteiger partial charge in [-0.15, -0.1) is 0 Å². The van der Waals surface area contributed by atoms with E-state index in [4.69, 9.17) is 0 Å². The summed E-state index contributed by atoms with van der Waals surface area (Å²) in [5.74, 6) is 0.0217. The molecule has 0 amide bonds. The maximum Gasteiger partial charge on any atom is 0.165 e. The third-order valence-corrected chi connectivity index (χ3v) is 3.97. The van der Waals surface area contributed by atoms with Crippen molar-refractivity contribution in [2.45, 2.75) is 0 Å². The van der Waals surface area contributed by atoms with Crippen LogP contribution in [-0.2, 0) is 0 Å². The second kappa shape index (κ2) is 7.29. The summed E-state index contributed by atoms with van der Waals surface area (Å²) in [6.45, 7) is 0. The Morgan fingerprint density at radius 2 is 1.56 bits per heavy atom. The van der Waals surface area contributed by atoms with Crippen LogP contribution in [0.5, 0.6) is 0 Å². The number of halogens is 2. The minimum absolute atomic E-state index is 0.270. The zero-order valence-corrected chi connectivity index (χ0v) is 14.1. The Labute approximate surface area is 154 Å². The van der Waals surface area contributed by atoms with Gasteiger partial charge in [0.15, 0.2) is 11.6 Å². The Hall–Kier alpha value is -3.67. The molecule has 132 valence electrons. The zero-order valence-electron chi connectivity index (χ0n) is 14.1. The summed E-state index contributed by atoms with van der Waals surface area (Å²) in [6, 6.07) is 19.7. The normalized spacial score (nSPS) is 11.2. The number of para-hydroxylation sites is 1. The molecule has 3 aromatic carbocycles. The Balaban J connectivity index is 1.72. The molecule has 1 heterocycles. The monoisotopic (exact) mass is 360 g/mol. The van der Waals surface area contributed by atoms with Crippen LogP contribution in [0.1, 0.15) is 5.56 Å². The molecule has 27 heavy (non-hydrogen) atoms. The van der Waals surface area contributed by atoms with Crippen molar-refractivity contribution in [2.75, 3.05) is 5.43 Å². The first-order chi connectivity index (χ1) is 13.2. The summed E-state index contributed by atoms with van der Waals surface area (Å²) in [4.78, 5) is 8.90. The highest BCUT2D eigenvalue weighted by atomic mass is 19.1. The average Bonchev–Trinajstić information content (AvgIpc) is 2.69. The molecular weight excluding hydrogens is 346 g/mol. The molecule has 0 aliphatic carbocycles. The SMILES string of the molecule is Fc1ccc(/C=N\Nc2nc(-c3ccccc3F)nc3ccccc23)cc1. The minimum atomic E-state index is -0.395. The van der Waals surface area contributed by atoms with Gasteiger partial charge in [0.1, 0.15) is 11.6 Å². The number of fused-ring (bicyclic) bond motifs is 1. The van der Waals surface area contributed by atoms with Gasteiger partial charge in [0.25, 0.3) is 0 Å². The van der Waals surface area contributed by atoms with E-state index in [2.05, 4.69) is 20.5 Å². The standard InChI is InChI=1S/C21H14F2N4/c22-15-11-9-14(10-12-15)13-24-27-21-17-6-2-4-8-19(17)25-20(26-21)16-5-1-3-7-18(16)23/h1-13H,(H,25,26,27)/b24-13-. The molecule has 0 fully saturated rings. The van der Waals surface area contributed by atoms with Crippen molar-refractivity contribution >= 4 is 22.9 Å². The fraction of sp³-hybridized carbons (Fsp3) is 0. The molecule has 1 N–H and O–H groups in total. The first-order valence-corrected chi connectivity index (χ1v) is 8.27. The molecule has 0 saturated carbocycles. The lowest BCUT2D eigenvalue weighted by molar-refractivity contribution is 0.627.